The van der Waals surface area contributed by atoms with E-state index >= 15 is 0 Å². The molecule has 3 heteroatoms. The summed E-state index contributed by atoms with van der Waals surface area (Å²) in [6.07, 6.45) is 2.51. The molecule has 1 aromatic carbocycles. The highest BCUT2D eigenvalue weighted by molar-refractivity contribution is 14.1. The maximum Gasteiger partial charge on any atom is 0.0363 e. The molecule has 4 N–H and O–H groups in total. The lowest BCUT2D eigenvalue weighted by molar-refractivity contribution is 0.635. The first-order valence-electron chi connectivity index (χ1n) is 4.49. The lowest BCUT2D eigenvalue weighted by atomic mass is 10.0. The molecule has 1 aliphatic carbocycles. The second-order valence-corrected chi connectivity index (χ2v) is 4.88. The average Bonchev–Trinajstić information content (AvgIpc) is 2.91. The van der Waals surface area contributed by atoms with Crippen LogP contribution in [0.1, 0.15) is 24.4 Å². The van der Waals surface area contributed by atoms with E-state index in [9.17, 15) is 0 Å². The molecule has 0 spiro atoms. The highest BCUT2D eigenvalue weighted by atomic mass is 127. The van der Waals surface area contributed by atoms with Gasteiger partial charge in [0.2, 0.25) is 0 Å². The number of anilines is 1. The van der Waals surface area contributed by atoms with E-state index in [1.165, 1.54) is 16.4 Å². The maximum atomic E-state index is 6.09. The molecule has 0 heterocycles. The van der Waals surface area contributed by atoms with Crippen molar-refractivity contribution in [1.29, 1.82) is 0 Å². The largest absolute Gasteiger partial charge is 0.398 e. The van der Waals surface area contributed by atoms with Crippen LogP contribution in [0.15, 0.2) is 18.2 Å². The molecule has 1 saturated carbocycles. The second-order valence-electron chi connectivity index (χ2n) is 3.64. The Morgan fingerprint density at radius 3 is 2.69 bits per heavy atom. The highest BCUT2D eigenvalue weighted by Gasteiger charge is 2.30. The molecule has 70 valence electrons. The van der Waals surface area contributed by atoms with E-state index in [1.54, 1.807) is 0 Å². The normalized spacial score (nSPS) is 18.6. The Bertz CT molecular complexity index is 321. The van der Waals surface area contributed by atoms with Crippen LogP contribution in [0.4, 0.5) is 5.69 Å². The Morgan fingerprint density at radius 1 is 1.38 bits per heavy atom. The Hall–Kier alpha value is -0.290. The van der Waals surface area contributed by atoms with Crippen molar-refractivity contribution in [1.82, 2.24) is 0 Å². The van der Waals surface area contributed by atoms with E-state index in [2.05, 4.69) is 28.7 Å². The van der Waals surface area contributed by atoms with Gasteiger partial charge in [0.25, 0.3) is 0 Å². The van der Waals surface area contributed by atoms with Gasteiger partial charge in [0.15, 0.2) is 0 Å². The fraction of sp³-hybridized carbons (Fsp3) is 0.400. The topological polar surface area (TPSA) is 52.0 Å². The van der Waals surface area contributed by atoms with E-state index in [1.807, 2.05) is 12.1 Å². The molecule has 2 rings (SSSR count). The van der Waals surface area contributed by atoms with Gasteiger partial charge in [-0.25, -0.2) is 0 Å². The summed E-state index contributed by atoms with van der Waals surface area (Å²) in [7, 11) is 0. The summed E-state index contributed by atoms with van der Waals surface area (Å²) in [6.45, 7) is 0. The van der Waals surface area contributed by atoms with E-state index < -0.39 is 0 Å². The molecular weight excluding hydrogens is 275 g/mol. The summed E-state index contributed by atoms with van der Waals surface area (Å²) >= 11 is 2.29. The van der Waals surface area contributed by atoms with Crippen molar-refractivity contribution >= 4 is 28.3 Å². The van der Waals surface area contributed by atoms with Gasteiger partial charge in [-0.1, -0.05) is 0 Å². The number of hydrogen-bond donors (Lipinski definition) is 2. The lowest BCUT2D eigenvalue weighted by Crippen LogP contribution is -2.14. The van der Waals surface area contributed by atoms with Crippen LogP contribution in [0.3, 0.4) is 0 Å². The number of nitrogen functional groups attached to an aromatic ring is 1. The fourth-order valence-electron chi connectivity index (χ4n) is 1.54. The molecule has 1 fully saturated rings. The van der Waals surface area contributed by atoms with Gasteiger partial charge in [0.1, 0.15) is 0 Å². The molecule has 1 aromatic rings. The number of rotatable bonds is 2. The number of hydrogen-bond acceptors (Lipinski definition) is 2. The lowest BCUT2D eigenvalue weighted by Gasteiger charge is -2.13. The fourth-order valence-corrected chi connectivity index (χ4v) is 2.06. The average molecular weight is 288 g/mol. The summed E-state index contributed by atoms with van der Waals surface area (Å²) < 4.78 is 1.21. The van der Waals surface area contributed by atoms with Crippen LogP contribution in [0.2, 0.25) is 0 Å². The molecule has 0 saturated heterocycles. The van der Waals surface area contributed by atoms with E-state index in [-0.39, 0.29) is 6.04 Å². The first-order valence-corrected chi connectivity index (χ1v) is 5.57. The standard InChI is InChI=1S/C10H13IN2/c11-7-3-4-9(12)8(5-7)10(13)6-1-2-6/h3-6,10H,1-2,12-13H2/t10-/m0/s1. The summed E-state index contributed by atoms with van der Waals surface area (Å²) in [5, 5.41) is 0. The Morgan fingerprint density at radius 2 is 2.08 bits per heavy atom. The van der Waals surface area contributed by atoms with E-state index in [0.29, 0.717) is 5.92 Å². The molecule has 1 aliphatic rings. The minimum absolute atomic E-state index is 0.148. The second kappa shape index (κ2) is 3.46. The van der Waals surface area contributed by atoms with Crippen molar-refractivity contribution in [3.63, 3.8) is 0 Å². The van der Waals surface area contributed by atoms with Crippen molar-refractivity contribution in [2.75, 3.05) is 5.73 Å². The van der Waals surface area contributed by atoms with Gasteiger partial charge in [-0.3, -0.25) is 0 Å². The first kappa shape index (κ1) is 9.27. The van der Waals surface area contributed by atoms with Gasteiger partial charge in [-0.2, -0.15) is 0 Å². The van der Waals surface area contributed by atoms with Crippen LogP contribution >= 0.6 is 22.6 Å². The number of benzene rings is 1. The molecule has 0 bridgehead atoms. The van der Waals surface area contributed by atoms with Crippen LogP contribution < -0.4 is 11.5 Å². The number of halogens is 1. The zero-order valence-corrected chi connectivity index (χ0v) is 9.49. The Labute approximate surface area is 91.8 Å². The quantitative estimate of drug-likeness (QED) is 0.648. The summed E-state index contributed by atoms with van der Waals surface area (Å²) in [4.78, 5) is 0. The van der Waals surface area contributed by atoms with Crippen LogP contribution in [0.5, 0.6) is 0 Å². The monoisotopic (exact) mass is 288 g/mol. The molecule has 1 atom stereocenters. The molecule has 0 unspecified atom stereocenters. The van der Waals surface area contributed by atoms with Gasteiger partial charge >= 0.3 is 0 Å². The third-order valence-electron chi connectivity index (χ3n) is 2.54. The van der Waals surface area contributed by atoms with E-state index in [0.717, 1.165) is 11.3 Å². The predicted octanol–water partition coefficient (Wildman–Crippen LogP) is 2.28. The smallest absolute Gasteiger partial charge is 0.0363 e. The predicted molar refractivity (Wildman–Crippen MR) is 63.2 cm³/mol. The van der Waals surface area contributed by atoms with E-state index in [4.69, 9.17) is 11.5 Å². The van der Waals surface area contributed by atoms with Crippen LogP contribution in [-0.4, -0.2) is 0 Å². The van der Waals surface area contributed by atoms with Gasteiger partial charge in [-0.05, 0) is 65.1 Å². The molecule has 0 aromatic heterocycles. The molecule has 0 radical (unpaired) electrons. The zero-order chi connectivity index (χ0) is 9.42. The minimum atomic E-state index is 0.148. The van der Waals surface area contributed by atoms with Crippen molar-refractivity contribution in [2.45, 2.75) is 18.9 Å². The zero-order valence-electron chi connectivity index (χ0n) is 7.33. The SMILES string of the molecule is Nc1ccc(I)cc1[C@@H](N)C1CC1. The Kier molecular flexibility index (Phi) is 2.47. The van der Waals surface area contributed by atoms with Crippen molar-refractivity contribution in [2.24, 2.45) is 11.7 Å². The third kappa shape index (κ3) is 1.96. The van der Waals surface area contributed by atoms with Crippen LogP contribution in [0.25, 0.3) is 0 Å². The third-order valence-corrected chi connectivity index (χ3v) is 3.21. The van der Waals surface area contributed by atoms with Crippen LogP contribution in [-0.2, 0) is 0 Å². The molecule has 2 nitrogen and oxygen atoms in total. The first-order chi connectivity index (χ1) is 6.18. The van der Waals surface area contributed by atoms with Gasteiger partial charge in [0.05, 0.1) is 0 Å². The molecule has 0 amide bonds. The summed E-state index contributed by atoms with van der Waals surface area (Å²) in [6, 6.07) is 6.20. The maximum absolute atomic E-state index is 6.09. The van der Waals surface area contributed by atoms with Gasteiger partial charge in [0, 0.05) is 15.3 Å². The summed E-state index contributed by atoms with van der Waals surface area (Å²) in [5.41, 5.74) is 13.9. The highest BCUT2D eigenvalue weighted by Crippen LogP contribution is 2.41. The number of nitrogens with two attached hydrogens (primary N) is 2. The van der Waals surface area contributed by atoms with Crippen molar-refractivity contribution < 1.29 is 0 Å². The van der Waals surface area contributed by atoms with Gasteiger partial charge in [-0.15, -0.1) is 0 Å². The minimum Gasteiger partial charge on any atom is -0.398 e. The van der Waals surface area contributed by atoms with Crippen molar-refractivity contribution in [3.05, 3.63) is 27.3 Å². The summed E-state index contributed by atoms with van der Waals surface area (Å²) in [5.74, 6) is 0.667. The molecule has 13 heavy (non-hydrogen) atoms. The van der Waals surface area contributed by atoms with Gasteiger partial charge < -0.3 is 11.5 Å². The Balaban J connectivity index is 2.31. The molecular formula is C10H13IN2. The van der Waals surface area contributed by atoms with Crippen LogP contribution in [0, 0.1) is 9.49 Å². The van der Waals surface area contributed by atoms with Crippen molar-refractivity contribution in [3.8, 4) is 0 Å². The molecule has 0 aliphatic heterocycles.